The van der Waals surface area contributed by atoms with Crippen molar-refractivity contribution in [2.75, 3.05) is 0 Å². The summed E-state index contributed by atoms with van der Waals surface area (Å²) in [5.74, 6) is 5.42. The molecule has 0 amide bonds. The van der Waals surface area contributed by atoms with E-state index in [4.69, 9.17) is 15.0 Å². The highest BCUT2D eigenvalue weighted by Gasteiger charge is 2.61. The summed E-state index contributed by atoms with van der Waals surface area (Å²) in [4.78, 5) is 15.5. The Morgan fingerprint density at radius 2 is 0.980 bits per heavy atom. The van der Waals surface area contributed by atoms with Gasteiger partial charge in [-0.1, -0.05) is 133 Å². The lowest BCUT2D eigenvalue weighted by atomic mass is 9.43. The molecule has 4 fully saturated rings. The van der Waals surface area contributed by atoms with Crippen LogP contribution in [0.5, 0.6) is 0 Å². The molecule has 3 heteroatoms. The Balaban J connectivity index is 1.11. The van der Waals surface area contributed by atoms with Crippen LogP contribution in [-0.4, -0.2) is 15.0 Å². The minimum atomic E-state index is 0.147. The van der Waals surface area contributed by atoms with E-state index in [2.05, 4.69) is 121 Å². The van der Waals surface area contributed by atoms with Crippen LogP contribution in [0.15, 0.2) is 140 Å². The highest BCUT2D eigenvalue weighted by atomic mass is 15.0. The van der Waals surface area contributed by atoms with Crippen molar-refractivity contribution in [1.82, 2.24) is 15.0 Å². The maximum Gasteiger partial charge on any atom is 0.164 e. The maximum absolute atomic E-state index is 5.24. The van der Waals surface area contributed by atoms with Gasteiger partial charge in [-0.25, -0.2) is 15.0 Å². The Bertz CT molecular complexity index is 2420. The van der Waals surface area contributed by atoms with Gasteiger partial charge in [-0.15, -0.1) is 0 Å². The van der Waals surface area contributed by atoms with Crippen molar-refractivity contribution >= 4 is 10.8 Å². The van der Waals surface area contributed by atoms with Crippen LogP contribution < -0.4 is 0 Å². The van der Waals surface area contributed by atoms with E-state index in [0.717, 1.165) is 45.9 Å². The largest absolute Gasteiger partial charge is 0.208 e. The van der Waals surface area contributed by atoms with Crippen molar-refractivity contribution < 1.29 is 0 Å². The third kappa shape index (κ3) is 4.07. The average molecular weight is 644 g/mol. The second kappa shape index (κ2) is 10.8. The molecular weight excluding hydrogens is 607 g/mol. The van der Waals surface area contributed by atoms with E-state index in [-0.39, 0.29) is 5.41 Å². The quantitative estimate of drug-likeness (QED) is 0.192. The Kier molecular flexibility index (Phi) is 6.14. The Morgan fingerprint density at radius 1 is 0.400 bits per heavy atom. The predicted octanol–water partition coefficient (Wildman–Crippen LogP) is 11.4. The molecule has 0 radical (unpaired) electrons. The number of hydrogen-bond acceptors (Lipinski definition) is 3. The molecule has 0 atom stereocenters. The third-order valence-corrected chi connectivity index (χ3v) is 12.7. The molecule has 1 spiro atoms. The minimum Gasteiger partial charge on any atom is -0.208 e. The molecule has 6 aromatic carbocycles. The molecule has 0 N–H and O–H groups in total. The molecule has 4 saturated carbocycles. The lowest BCUT2D eigenvalue weighted by Crippen LogP contribution is -2.55. The highest BCUT2D eigenvalue weighted by molar-refractivity contribution is 6.07. The molecule has 3 nitrogen and oxygen atoms in total. The number of fused-ring (bicyclic) bond motifs is 5. The molecule has 0 unspecified atom stereocenters. The van der Waals surface area contributed by atoms with E-state index >= 15 is 0 Å². The molecule has 240 valence electrons. The molecule has 4 bridgehead atoms. The van der Waals surface area contributed by atoms with E-state index in [1.54, 1.807) is 11.1 Å². The number of benzene rings is 6. The molecule has 1 aromatic heterocycles. The van der Waals surface area contributed by atoms with Crippen molar-refractivity contribution in [1.29, 1.82) is 0 Å². The SMILES string of the molecule is c1ccc(-c2cccc(-c3nc(-c4ccccc4)nc(-c4cccc5c6c(ccc45)C4(c5ccccc5-6)C5CC6CC(C5)CC4C6)n3)c2)cc1. The van der Waals surface area contributed by atoms with Gasteiger partial charge in [0.05, 0.1) is 0 Å². The van der Waals surface area contributed by atoms with Gasteiger partial charge in [-0.05, 0) is 106 Å². The van der Waals surface area contributed by atoms with Crippen LogP contribution in [0.2, 0.25) is 0 Å². The molecule has 0 aliphatic heterocycles. The van der Waals surface area contributed by atoms with Gasteiger partial charge in [0.1, 0.15) is 0 Å². The van der Waals surface area contributed by atoms with E-state index in [9.17, 15) is 0 Å². The van der Waals surface area contributed by atoms with Gasteiger partial charge in [0, 0.05) is 22.1 Å². The van der Waals surface area contributed by atoms with Gasteiger partial charge >= 0.3 is 0 Å². The zero-order chi connectivity index (χ0) is 32.8. The topological polar surface area (TPSA) is 38.7 Å². The number of aromatic nitrogens is 3. The molecule has 5 aliphatic rings. The summed E-state index contributed by atoms with van der Waals surface area (Å²) in [6.45, 7) is 0. The summed E-state index contributed by atoms with van der Waals surface area (Å²) in [6.07, 6.45) is 7.02. The van der Waals surface area contributed by atoms with Crippen molar-refractivity contribution in [2.45, 2.75) is 37.5 Å². The third-order valence-electron chi connectivity index (χ3n) is 12.7. The zero-order valence-electron chi connectivity index (χ0n) is 28.0. The fourth-order valence-electron chi connectivity index (χ4n) is 11.0. The van der Waals surface area contributed by atoms with Crippen molar-refractivity contribution in [2.24, 2.45) is 23.7 Å². The van der Waals surface area contributed by atoms with Crippen LogP contribution in [-0.2, 0) is 5.41 Å². The second-order valence-electron chi connectivity index (χ2n) is 15.2. The molecular formula is C47H37N3. The Morgan fingerprint density at radius 3 is 1.74 bits per heavy atom. The average Bonchev–Trinajstić information content (AvgIpc) is 3.48. The van der Waals surface area contributed by atoms with Crippen LogP contribution in [0, 0.1) is 23.7 Å². The van der Waals surface area contributed by atoms with Crippen LogP contribution in [0.3, 0.4) is 0 Å². The fourth-order valence-corrected chi connectivity index (χ4v) is 11.0. The normalized spacial score (nSPS) is 24.1. The number of hydrogen-bond donors (Lipinski definition) is 0. The van der Waals surface area contributed by atoms with Crippen LogP contribution >= 0.6 is 0 Å². The van der Waals surface area contributed by atoms with E-state index in [0.29, 0.717) is 17.5 Å². The molecule has 5 aliphatic carbocycles. The first-order valence-electron chi connectivity index (χ1n) is 18.4. The van der Waals surface area contributed by atoms with Gasteiger partial charge < -0.3 is 0 Å². The lowest BCUT2D eigenvalue weighted by molar-refractivity contribution is -0.0399. The summed E-state index contributed by atoms with van der Waals surface area (Å²) >= 11 is 0. The van der Waals surface area contributed by atoms with Gasteiger partial charge in [0.15, 0.2) is 17.5 Å². The van der Waals surface area contributed by atoms with Crippen LogP contribution in [0.4, 0.5) is 0 Å². The summed E-state index contributed by atoms with van der Waals surface area (Å²) < 4.78 is 0. The first kappa shape index (κ1) is 28.4. The number of nitrogens with zero attached hydrogens (tertiary/aromatic N) is 3. The van der Waals surface area contributed by atoms with Gasteiger partial charge in [0.2, 0.25) is 0 Å². The molecule has 7 aromatic rings. The summed E-state index contributed by atoms with van der Waals surface area (Å²) in [5.41, 5.74) is 11.5. The zero-order valence-corrected chi connectivity index (χ0v) is 28.0. The van der Waals surface area contributed by atoms with E-state index in [1.807, 2.05) is 18.2 Å². The van der Waals surface area contributed by atoms with Crippen molar-refractivity contribution in [3.05, 3.63) is 151 Å². The standard InChI is InChI=1S/C47H37N3/c1-3-11-31(12-4-1)33-15-9-16-34(28-33)45-48-44(32-13-5-2-6-14-32)49-46(50-45)39-19-10-18-38-37(39)21-22-42-43(38)40-17-7-8-20-41(40)47(42)35-24-29-23-30(26-35)27-36(47)25-29/h1-22,28-30,35-36H,23-27H2. The van der Waals surface area contributed by atoms with Crippen LogP contribution in [0.1, 0.15) is 43.2 Å². The van der Waals surface area contributed by atoms with Gasteiger partial charge in [-0.3, -0.25) is 0 Å². The molecule has 12 rings (SSSR count). The predicted molar refractivity (Wildman–Crippen MR) is 202 cm³/mol. The Hall–Kier alpha value is -5.41. The molecule has 0 saturated heterocycles. The fraction of sp³-hybridized carbons (Fsp3) is 0.213. The molecule has 1 heterocycles. The van der Waals surface area contributed by atoms with E-state index < -0.39 is 0 Å². The Labute approximate surface area is 293 Å². The van der Waals surface area contributed by atoms with Crippen molar-refractivity contribution in [3.8, 4) is 56.4 Å². The van der Waals surface area contributed by atoms with Crippen molar-refractivity contribution in [3.63, 3.8) is 0 Å². The monoisotopic (exact) mass is 643 g/mol. The van der Waals surface area contributed by atoms with Gasteiger partial charge in [-0.2, -0.15) is 0 Å². The first-order chi connectivity index (χ1) is 24.7. The van der Waals surface area contributed by atoms with E-state index in [1.165, 1.54) is 59.6 Å². The lowest BCUT2D eigenvalue weighted by Gasteiger charge is -2.61. The summed E-state index contributed by atoms with van der Waals surface area (Å²) in [5, 5.41) is 2.52. The number of rotatable bonds is 4. The van der Waals surface area contributed by atoms with Gasteiger partial charge in [0.25, 0.3) is 0 Å². The highest BCUT2D eigenvalue weighted by Crippen LogP contribution is 2.69. The molecule has 50 heavy (non-hydrogen) atoms. The summed E-state index contributed by atoms with van der Waals surface area (Å²) in [6, 6.07) is 50.4. The second-order valence-corrected chi connectivity index (χ2v) is 15.2. The summed E-state index contributed by atoms with van der Waals surface area (Å²) in [7, 11) is 0. The van der Waals surface area contributed by atoms with Crippen LogP contribution in [0.25, 0.3) is 67.2 Å². The maximum atomic E-state index is 5.24. The minimum absolute atomic E-state index is 0.147. The first-order valence-corrected chi connectivity index (χ1v) is 18.4. The smallest absolute Gasteiger partial charge is 0.164 e.